The van der Waals surface area contributed by atoms with Gasteiger partial charge >= 0.3 is 11.9 Å². The van der Waals surface area contributed by atoms with Gasteiger partial charge in [-0.15, -0.1) is 0 Å². The maximum Gasteiger partial charge on any atom is 0.345 e. The van der Waals surface area contributed by atoms with E-state index in [1.807, 2.05) is 0 Å². The molecule has 1 N–H and O–H groups in total. The Morgan fingerprint density at radius 2 is 1.88 bits per heavy atom. The summed E-state index contributed by atoms with van der Waals surface area (Å²) in [7, 11) is 0.424. The van der Waals surface area contributed by atoms with Crippen LogP contribution in [0.3, 0.4) is 0 Å². The highest BCUT2D eigenvalue weighted by Crippen LogP contribution is 2.29. The Hall–Kier alpha value is -2.28. The maximum atomic E-state index is 11.7. The number of aliphatic carboxylic acids is 1. The van der Waals surface area contributed by atoms with Gasteiger partial charge < -0.3 is 19.3 Å². The van der Waals surface area contributed by atoms with Crippen molar-refractivity contribution >= 4 is 26.1 Å². The van der Waals surface area contributed by atoms with E-state index in [1.54, 1.807) is 25.1 Å². The van der Waals surface area contributed by atoms with Crippen LogP contribution in [0, 0.1) is 0 Å². The fourth-order valence-corrected chi connectivity index (χ4v) is 3.47. The van der Waals surface area contributed by atoms with Crippen LogP contribution in [-0.4, -0.2) is 45.4 Å². The highest BCUT2D eigenvalue weighted by Gasteiger charge is 2.19. The summed E-state index contributed by atoms with van der Waals surface area (Å²) in [6.07, 6.45) is 2.24. The molecule has 26 heavy (non-hydrogen) atoms. The molecule has 0 saturated heterocycles. The van der Waals surface area contributed by atoms with E-state index in [4.69, 9.17) is 14.2 Å². The first-order valence-electron chi connectivity index (χ1n) is 8.61. The summed E-state index contributed by atoms with van der Waals surface area (Å²) >= 11 is 0. The lowest BCUT2D eigenvalue weighted by atomic mass is 10.1. The smallest absolute Gasteiger partial charge is 0.345 e. The minimum absolute atomic E-state index is 0.108. The molecule has 0 aliphatic rings. The lowest BCUT2D eigenvalue weighted by Crippen LogP contribution is -2.20. The van der Waals surface area contributed by atoms with Gasteiger partial charge in [-0.05, 0) is 37.1 Å². The molecule has 0 atom stereocenters. The second-order valence-electron chi connectivity index (χ2n) is 7.01. The molecule has 1 aromatic carbocycles. The summed E-state index contributed by atoms with van der Waals surface area (Å²) in [5.41, 5.74) is 0.0828. The third kappa shape index (κ3) is 7.31. The Morgan fingerprint density at radius 3 is 2.42 bits per heavy atom. The average Bonchev–Trinajstić information content (AvgIpc) is 2.56. The number of carboxylic acid groups (broad SMARTS) is 1. The number of rotatable bonds is 10. The van der Waals surface area contributed by atoms with Crippen molar-refractivity contribution in [1.29, 1.82) is 0 Å². The van der Waals surface area contributed by atoms with Gasteiger partial charge in [-0.1, -0.05) is 31.8 Å². The van der Waals surface area contributed by atoms with Crippen molar-refractivity contribution in [3.63, 3.8) is 0 Å². The predicted octanol–water partition coefficient (Wildman–Crippen LogP) is 3.83. The Bertz CT molecular complexity index is 660. The van der Waals surface area contributed by atoms with Gasteiger partial charge in [0.25, 0.3) is 0 Å². The first kappa shape index (κ1) is 21.8. The van der Waals surface area contributed by atoms with Crippen molar-refractivity contribution in [2.75, 3.05) is 20.3 Å². The minimum Gasteiger partial charge on any atom is -0.493 e. The maximum absolute atomic E-state index is 11.7. The van der Waals surface area contributed by atoms with E-state index >= 15 is 0 Å². The SMILES string of the molecule is CCOC(=O)C(=Cc1ccc(OCCC[Si](C)(C)C)c(OC)c1)C(=O)O. The molecular formula is C19H28O6Si. The molecule has 0 unspecified atom stereocenters. The van der Waals surface area contributed by atoms with Crippen LogP contribution in [0.5, 0.6) is 11.5 Å². The van der Waals surface area contributed by atoms with E-state index in [1.165, 1.54) is 19.2 Å². The van der Waals surface area contributed by atoms with E-state index in [0.717, 1.165) is 6.42 Å². The molecule has 0 saturated carbocycles. The lowest BCUT2D eigenvalue weighted by Gasteiger charge is -2.16. The summed E-state index contributed by atoms with van der Waals surface area (Å²) in [6.45, 7) is 9.28. The van der Waals surface area contributed by atoms with E-state index in [2.05, 4.69) is 19.6 Å². The van der Waals surface area contributed by atoms with Crippen molar-refractivity contribution in [1.82, 2.24) is 0 Å². The number of benzene rings is 1. The van der Waals surface area contributed by atoms with Crippen LogP contribution >= 0.6 is 0 Å². The summed E-state index contributed by atoms with van der Waals surface area (Å²) in [4.78, 5) is 23.0. The third-order valence-corrected chi connectivity index (χ3v) is 5.41. The minimum atomic E-state index is -1.34. The second-order valence-corrected chi connectivity index (χ2v) is 12.6. The molecule has 0 bridgehead atoms. The summed E-state index contributed by atoms with van der Waals surface area (Å²) < 4.78 is 15.9. The Labute approximate surface area is 155 Å². The number of ether oxygens (including phenoxy) is 3. The van der Waals surface area contributed by atoms with Crippen molar-refractivity contribution < 1.29 is 28.9 Å². The van der Waals surface area contributed by atoms with Crippen LogP contribution < -0.4 is 9.47 Å². The van der Waals surface area contributed by atoms with Crippen molar-refractivity contribution in [3.05, 3.63) is 29.3 Å². The zero-order valence-electron chi connectivity index (χ0n) is 16.1. The topological polar surface area (TPSA) is 82.1 Å². The average molecular weight is 381 g/mol. The zero-order valence-corrected chi connectivity index (χ0v) is 17.1. The highest BCUT2D eigenvalue weighted by atomic mass is 28.3. The van der Waals surface area contributed by atoms with Crippen LogP contribution in [0.15, 0.2) is 23.8 Å². The standard InChI is InChI=1S/C19H28O6Si/c1-6-24-19(22)15(18(20)21)12-14-8-9-16(17(13-14)23-2)25-10-7-11-26(3,4)5/h8-9,12-13H,6-7,10-11H2,1-5H3,(H,20,21). The fraction of sp³-hybridized carbons (Fsp3) is 0.474. The molecule has 0 heterocycles. The molecule has 1 aromatic rings. The molecule has 0 aliphatic heterocycles. The van der Waals surface area contributed by atoms with Crippen LogP contribution in [0.1, 0.15) is 18.9 Å². The van der Waals surface area contributed by atoms with E-state index < -0.39 is 25.6 Å². The normalized spacial score (nSPS) is 11.8. The number of hydrogen-bond donors (Lipinski definition) is 1. The van der Waals surface area contributed by atoms with E-state index in [-0.39, 0.29) is 6.61 Å². The van der Waals surface area contributed by atoms with Crippen molar-refractivity contribution in [2.24, 2.45) is 0 Å². The number of methoxy groups -OCH3 is 1. The van der Waals surface area contributed by atoms with Crippen LogP contribution in [0.4, 0.5) is 0 Å². The Morgan fingerprint density at radius 1 is 1.19 bits per heavy atom. The third-order valence-electron chi connectivity index (χ3n) is 3.55. The predicted molar refractivity (Wildman–Crippen MR) is 104 cm³/mol. The summed E-state index contributed by atoms with van der Waals surface area (Å²) in [5, 5.41) is 9.20. The molecule has 144 valence electrons. The molecule has 0 amide bonds. The van der Waals surface area contributed by atoms with Crippen LogP contribution in [0.25, 0.3) is 6.08 Å². The molecule has 7 heteroatoms. The summed E-state index contributed by atoms with van der Waals surface area (Å²) in [6, 6.07) is 6.20. The van der Waals surface area contributed by atoms with Crippen LogP contribution in [-0.2, 0) is 14.3 Å². The van der Waals surface area contributed by atoms with Gasteiger partial charge in [0.15, 0.2) is 11.5 Å². The fourth-order valence-electron chi connectivity index (χ4n) is 2.26. The highest BCUT2D eigenvalue weighted by molar-refractivity contribution is 6.76. The van der Waals surface area contributed by atoms with Gasteiger partial charge in [0, 0.05) is 8.07 Å². The Balaban J connectivity index is 2.91. The van der Waals surface area contributed by atoms with Gasteiger partial charge in [-0.2, -0.15) is 0 Å². The lowest BCUT2D eigenvalue weighted by molar-refractivity contribution is -0.143. The molecule has 6 nitrogen and oxygen atoms in total. The van der Waals surface area contributed by atoms with E-state index in [0.29, 0.717) is 23.7 Å². The van der Waals surface area contributed by atoms with Gasteiger partial charge in [0.05, 0.1) is 20.3 Å². The number of carbonyl (C=O) groups excluding carboxylic acids is 1. The van der Waals surface area contributed by atoms with Gasteiger partial charge in [0.1, 0.15) is 5.57 Å². The Kier molecular flexibility index (Phi) is 8.38. The molecule has 0 aliphatic carbocycles. The molecule has 1 rings (SSSR count). The van der Waals surface area contributed by atoms with E-state index in [9.17, 15) is 14.7 Å². The number of esters is 1. The quantitative estimate of drug-likeness (QED) is 0.166. The molecule has 0 spiro atoms. The second kappa shape index (κ2) is 10.0. The van der Waals surface area contributed by atoms with Gasteiger partial charge in [0.2, 0.25) is 0 Å². The first-order valence-corrected chi connectivity index (χ1v) is 12.3. The number of hydrogen-bond acceptors (Lipinski definition) is 5. The van der Waals surface area contributed by atoms with Crippen molar-refractivity contribution in [2.45, 2.75) is 39.0 Å². The van der Waals surface area contributed by atoms with Crippen molar-refractivity contribution in [3.8, 4) is 11.5 Å². The molecule has 0 fully saturated rings. The molecular weight excluding hydrogens is 352 g/mol. The first-order chi connectivity index (χ1) is 12.2. The van der Waals surface area contributed by atoms with Gasteiger partial charge in [-0.25, -0.2) is 9.59 Å². The molecule has 0 aromatic heterocycles. The zero-order chi connectivity index (χ0) is 19.7. The largest absolute Gasteiger partial charge is 0.493 e. The monoisotopic (exact) mass is 380 g/mol. The molecule has 0 radical (unpaired) electrons. The summed E-state index contributed by atoms with van der Waals surface area (Å²) in [5.74, 6) is -1.13. The number of carbonyl (C=O) groups is 2. The number of carboxylic acids is 1. The van der Waals surface area contributed by atoms with Gasteiger partial charge in [-0.3, -0.25) is 0 Å². The van der Waals surface area contributed by atoms with Crippen LogP contribution in [0.2, 0.25) is 25.7 Å².